The Balaban J connectivity index is 1.76. The fraction of sp³-hybridized carbons (Fsp3) is 0.400. The van der Waals surface area contributed by atoms with E-state index in [1.54, 1.807) is 0 Å². The van der Waals surface area contributed by atoms with Crippen molar-refractivity contribution in [2.24, 2.45) is 7.05 Å². The van der Waals surface area contributed by atoms with Crippen LogP contribution < -0.4 is 0 Å². The van der Waals surface area contributed by atoms with Crippen LogP contribution in [0.25, 0.3) is 10.9 Å². The number of fused-ring (bicyclic) bond motifs is 3. The van der Waals surface area contributed by atoms with Gasteiger partial charge in [0.25, 0.3) is 5.91 Å². The summed E-state index contributed by atoms with van der Waals surface area (Å²) in [4.78, 5) is 14.7. The molecule has 98 valence electrons. The predicted molar refractivity (Wildman–Crippen MR) is 72.1 cm³/mol. The molecule has 1 amide bonds. The Morgan fingerprint density at radius 1 is 1.37 bits per heavy atom. The molecular formula is C15H16N2O2. The van der Waals surface area contributed by atoms with Gasteiger partial charge in [-0.1, -0.05) is 18.2 Å². The van der Waals surface area contributed by atoms with Gasteiger partial charge in [0.2, 0.25) is 0 Å². The molecule has 0 aliphatic carbocycles. The lowest BCUT2D eigenvalue weighted by Gasteiger charge is -2.26. The van der Waals surface area contributed by atoms with Crippen molar-refractivity contribution in [1.29, 1.82) is 0 Å². The summed E-state index contributed by atoms with van der Waals surface area (Å²) < 4.78 is 7.58. The third kappa shape index (κ3) is 1.53. The quantitative estimate of drug-likeness (QED) is 0.779. The predicted octanol–water partition coefficient (Wildman–Crippen LogP) is 1.79. The second-order valence-corrected chi connectivity index (χ2v) is 5.47. The highest BCUT2D eigenvalue weighted by atomic mass is 16.5. The molecule has 4 nitrogen and oxygen atoms in total. The number of para-hydroxylation sites is 1. The summed E-state index contributed by atoms with van der Waals surface area (Å²) in [6.45, 7) is 1.44. The first kappa shape index (κ1) is 11.1. The number of nitrogens with zero attached hydrogens (tertiary/aromatic N) is 2. The Morgan fingerprint density at radius 2 is 2.21 bits per heavy atom. The van der Waals surface area contributed by atoms with E-state index in [1.165, 1.54) is 0 Å². The van der Waals surface area contributed by atoms with Crippen LogP contribution in [0.4, 0.5) is 0 Å². The topological polar surface area (TPSA) is 34.5 Å². The second-order valence-electron chi connectivity index (χ2n) is 5.47. The number of carbonyl (C=O) groups excluding carboxylic acids is 1. The lowest BCUT2D eigenvalue weighted by atomic mass is 10.1. The Bertz CT molecular complexity index is 661. The minimum Gasteiger partial charge on any atom is -0.374 e. The van der Waals surface area contributed by atoms with E-state index in [4.69, 9.17) is 4.74 Å². The van der Waals surface area contributed by atoms with Gasteiger partial charge in [0.1, 0.15) is 0 Å². The number of likely N-dealkylation sites (tertiary alicyclic amines) is 1. The maximum atomic E-state index is 12.7. The molecule has 4 heteroatoms. The molecule has 19 heavy (non-hydrogen) atoms. The molecule has 0 saturated carbocycles. The van der Waals surface area contributed by atoms with Crippen molar-refractivity contribution in [3.63, 3.8) is 0 Å². The monoisotopic (exact) mass is 256 g/mol. The van der Waals surface area contributed by atoms with Gasteiger partial charge in [0.15, 0.2) is 0 Å². The largest absolute Gasteiger partial charge is 0.374 e. The number of morpholine rings is 1. The molecule has 1 aromatic heterocycles. The van der Waals surface area contributed by atoms with E-state index in [1.807, 2.05) is 47.0 Å². The normalized spacial score (nSPS) is 25.4. The molecule has 2 aliphatic heterocycles. The highest BCUT2D eigenvalue weighted by Crippen LogP contribution is 2.31. The summed E-state index contributed by atoms with van der Waals surface area (Å²) in [5, 5.41) is 1.04. The highest BCUT2D eigenvalue weighted by Gasteiger charge is 2.42. The number of ether oxygens (including phenoxy) is 1. The van der Waals surface area contributed by atoms with Crippen molar-refractivity contribution >= 4 is 16.8 Å². The highest BCUT2D eigenvalue weighted by molar-refractivity contribution is 6.07. The van der Waals surface area contributed by atoms with Crippen LogP contribution in [0.5, 0.6) is 0 Å². The van der Waals surface area contributed by atoms with Gasteiger partial charge in [-0.05, 0) is 12.5 Å². The molecule has 1 aromatic carbocycles. The second kappa shape index (κ2) is 3.84. The minimum atomic E-state index is 0.146. The lowest BCUT2D eigenvalue weighted by molar-refractivity contribution is 0.0260. The number of hydrogen-bond acceptors (Lipinski definition) is 2. The Hall–Kier alpha value is -1.81. The van der Waals surface area contributed by atoms with Crippen molar-refractivity contribution < 1.29 is 9.53 Å². The Kier molecular flexibility index (Phi) is 2.23. The van der Waals surface area contributed by atoms with Crippen LogP contribution in [0.1, 0.15) is 16.8 Å². The molecular weight excluding hydrogens is 240 g/mol. The molecule has 2 bridgehead atoms. The van der Waals surface area contributed by atoms with Gasteiger partial charge in [-0.3, -0.25) is 4.79 Å². The minimum absolute atomic E-state index is 0.146. The van der Waals surface area contributed by atoms with Crippen LogP contribution >= 0.6 is 0 Å². The van der Waals surface area contributed by atoms with Gasteiger partial charge in [-0.25, -0.2) is 0 Å². The average molecular weight is 256 g/mol. The molecule has 2 fully saturated rings. The first-order chi connectivity index (χ1) is 9.24. The van der Waals surface area contributed by atoms with Crippen LogP contribution in [0.2, 0.25) is 0 Å². The zero-order valence-corrected chi connectivity index (χ0v) is 10.9. The summed E-state index contributed by atoms with van der Waals surface area (Å²) in [5.74, 6) is 0.146. The fourth-order valence-electron chi connectivity index (χ4n) is 3.32. The van der Waals surface area contributed by atoms with E-state index in [-0.39, 0.29) is 18.1 Å². The molecule has 0 spiro atoms. The van der Waals surface area contributed by atoms with E-state index >= 15 is 0 Å². The number of benzene rings is 1. The zero-order chi connectivity index (χ0) is 13.0. The molecule has 0 unspecified atom stereocenters. The molecule has 2 aliphatic rings. The molecule has 4 rings (SSSR count). The maximum Gasteiger partial charge on any atom is 0.256 e. The van der Waals surface area contributed by atoms with Crippen molar-refractivity contribution in [2.75, 3.05) is 13.2 Å². The summed E-state index contributed by atoms with van der Waals surface area (Å²) in [6, 6.07) is 8.33. The Morgan fingerprint density at radius 3 is 2.95 bits per heavy atom. The molecule has 2 saturated heterocycles. The number of hydrogen-bond donors (Lipinski definition) is 0. The first-order valence-electron chi connectivity index (χ1n) is 6.70. The number of aryl methyl sites for hydroxylation is 1. The third-order valence-corrected chi connectivity index (χ3v) is 4.29. The fourth-order valence-corrected chi connectivity index (χ4v) is 3.32. The molecule has 3 heterocycles. The Labute approximate surface area is 111 Å². The van der Waals surface area contributed by atoms with Crippen molar-refractivity contribution in [3.8, 4) is 0 Å². The van der Waals surface area contributed by atoms with Crippen molar-refractivity contribution in [1.82, 2.24) is 9.47 Å². The van der Waals surface area contributed by atoms with Crippen LogP contribution in [-0.2, 0) is 11.8 Å². The zero-order valence-electron chi connectivity index (χ0n) is 10.9. The van der Waals surface area contributed by atoms with Crippen LogP contribution in [-0.4, -0.2) is 40.7 Å². The van der Waals surface area contributed by atoms with Gasteiger partial charge in [0, 0.05) is 30.7 Å². The number of carbonyl (C=O) groups is 1. The van der Waals surface area contributed by atoms with Gasteiger partial charge in [0.05, 0.1) is 24.3 Å². The summed E-state index contributed by atoms with van der Waals surface area (Å²) in [7, 11) is 1.98. The SMILES string of the molecule is Cn1cc(C(=O)N2C[C@@H]3C[C@H]2CO3)c2ccccc21. The van der Waals surface area contributed by atoms with E-state index in [2.05, 4.69) is 0 Å². The van der Waals surface area contributed by atoms with Crippen molar-refractivity contribution in [3.05, 3.63) is 36.0 Å². The number of amides is 1. The number of rotatable bonds is 1. The van der Waals surface area contributed by atoms with E-state index < -0.39 is 0 Å². The molecule has 2 atom stereocenters. The van der Waals surface area contributed by atoms with Gasteiger partial charge in [-0.2, -0.15) is 0 Å². The van der Waals surface area contributed by atoms with Gasteiger partial charge >= 0.3 is 0 Å². The first-order valence-corrected chi connectivity index (χ1v) is 6.70. The smallest absolute Gasteiger partial charge is 0.256 e. The third-order valence-electron chi connectivity index (χ3n) is 4.29. The molecule has 2 aromatic rings. The van der Waals surface area contributed by atoms with Crippen LogP contribution in [0.3, 0.4) is 0 Å². The molecule has 0 N–H and O–H groups in total. The van der Waals surface area contributed by atoms with Gasteiger partial charge < -0.3 is 14.2 Å². The summed E-state index contributed by atoms with van der Waals surface area (Å²) in [5.41, 5.74) is 1.91. The molecule has 0 radical (unpaired) electrons. The average Bonchev–Trinajstić information content (AvgIpc) is 3.13. The van der Waals surface area contributed by atoms with E-state index in [9.17, 15) is 4.79 Å². The van der Waals surface area contributed by atoms with Crippen molar-refractivity contribution in [2.45, 2.75) is 18.6 Å². The van der Waals surface area contributed by atoms with Gasteiger partial charge in [-0.15, -0.1) is 0 Å². The summed E-state index contributed by atoms with van der Waals surface area (Å²) in [6.07, 6.45) is 3.19. The van der Waals surface area contributed by atoms with E-state index in [0.29, 0.717) is 6.61 Å². The summed E-state index contributed by atoms with van der Waals surface area (Å²) >= 11 is 0. The number of aromatic nitrogens is 1. The standard InChI is InChI=1S/C15H16N2O2/c1-16-8-13(12-4-2-3-5-14(12)16)15(18)17-7-11-6-10(17)9-19-11/h2-5,8,10-11H,6-7,9H2,1H3/t10-,11-/m0/s1. The van der Waals surface area contributed by atoms with Crippen LogP contribution in [0, 0.1) is 0 Å². The van der Waals surface area contributed by atoms with E-state index in [0.717, 1.165) is 29.4 Å². The van der Waals surface area contributed by atoms with Crippen LogP contribution in [0.15, 0.2) is 30.5 Å². The lowest BCUT2D eigenvalue weighted by Crippen LogP contribution is -2.41. The maximum absolute atomic E-state index is 12.7.